The van der Waals surface area contributed by atoms with Gasteiger partial charge in [-0.2, -0.15) is 0 Å². The van der Waals surface area contributed by atoms with E-state index < -0.39 is 6.04 Å². The lowest BCUT2D eigenvalue weighted by atomic mass is 10.0. The van der Waals surface area contributed by atoms with Crippen molar-refractivity contribution < 1.29 is 14.3 Å². The standard InChI is InChI=1S/C31H38N2O3/c1-6-25(5)32-31(35)29(19-26-13-8-7-9-14-26)33(20-27-15-11-10-12-23(27)3)30(34)21-36-28-17-16-22(2)24(4)18-28/h7-18,25,29H,6,19-21H2,1-5H3,(H,32,35). The molecule has 190 valence electrons. The van der Waals surface area contributed by atoms with Crippen molar-refractivity contribution in [3.63, 3.8) is 0 Å². The van der Waals surface area contributed by atoms with Crippen molar-refractivity contribution in [3.05, 3.63) is 101 Å². The minimum Gasteiger partial charge on any atom is -0.484 e. The molecule has 3 aromatic carbocycles. The number of aryl methyl sites for hydroxylation is 3. The molecule has 2 atom stereocenters. The summed E-state index contributed by atoms with van der Waals surface area (Å²) in [5.74, 6) is 0.268. The van der Waals surface area contributed by atoms with E-state index in [0.29, 0.717) is 18.7 Å². The normalized spacial score (nSPS) is 12.5. The third-order valence-electron chi connectivity index (χ3n) is 6.71. The number of nitrogens with zero attached hydrogens (tertiary/aromatic N) is 1. The number of carbonyl (C=O) groups excluding carboxylic acids is 2. The van der Waals surface area contributed by atoms with Crippen LogP contribution in [0.4, 0.5) is 0 Å². The Morgan fingerprint density at radius 2 is 1.58 bits per heavy atom. The van der Waals surface area contributed by atoms with Crippen LogP contribution in [0.3, 0.4) is 0 Å². The van der Waals surface area contributed by atoms with Crippen molar-refractivity contribution >= 4 is 11.8 Å². The summed E-state index contributed by atoms with van der Waals surface area (Å²) in [7, 11) is 0. The summed E-state index contributed by atoms with van der Waals surface area (Å²) in [4.78, 5) is 28.9. The molecule has 0 heterocycles. The van der Waals surface area contributed by atoms with Crippen LogP contribution in [0.15, 0.2) is 72.8 Å². The summed E-state index contributed by atoms with van der Waals surface area (Å²) >= 11 is 0. The van der Waals surface area contributed by atoms with E-state index in [2.05, 4.69) is 5.32 Å². The van der Waals surface area contributed by atoms with Crippen molar-refractivity contribution in [2.24, 2.45) is 0 Å². The molecule has 0 saturated heterocycles. The fourth-order valence-corrected chi connectivity index (χ4v) is 4.00. The zero-order valence-corrected chi connectivity index (χ0v) is 22.1. The second-order valence-corrected chi connectivity index (χ2v) is 9.51. The highest BCUT2D eigenvalue weighted by Crippen LogP contribution is 2.20. The first-order valence-electron chi connectivity index (χ1n) is 12.7. The Kier molecular flexibility index (Phi) is 9.69. The maximum Gasteiger partial charge on any atom is 0.261 e. The topological polar surface area (TPSA) is 58.6 Å². The van der Waals surface area contributed by atoms with Crippen LogP contribution >= 0.6 is 0 Å². The minimum absolute atomic E-state index is 0.0120. The lowest BCUT2D eigenvalue weighted by Gasteiger charge is -2.32. The van der Waals surface area contributed by atoms with Gasteiger partial charge in [0.05, 0.1) is 0 Å². The average Bonchev–Trinajstić information content (AvgIpc) is 2.88. The highest BCUT2D eigenvalue weighted by atomic mass is 16.5. The molecule has 3 aromatic rings. The predicted octanol–water partition coefficient (Wildman–Crippen LogP) is 5.55. The molecule has 2 amide bonds. The summed E-state index contributed by atoms with van der Waals surface area (Å²) in [5.41, 5.74) is 5.35. The van der Waals surface area contributed by atoms with E-state index in [9.17, 15) is 9.59 Å². The van der Waals surface area contributed by atoms with Gasteiger partial charge in [0.1, 0.15) is 11.8 Å². The smallest absolute Gasteiger partial charge is 0.261 e. The van der Waals surface area contributed by atoms with Crippen molar-refractivity contribution in [2.45, 2.75) is 66.1 Å². The fraction of sp³-hybridized carbons (Fsp3) is 0.355. The zero-order valence-electron chi connectivity index (χ0n) is 22.1. The first kappa shape index (κ1) is 27.0. The predicted molar refractivity (Wildman–Crippen MR) is 145 cm³/mol. The monoisotopic (exact) mass is 486 g/mol. The van der Waals surface area contributed by atoms with E-state index >= 15 is 0 Å². The molecule has 0 aliphatic carbocycles. The number of hydrogen-bond acceptors (Lipinski definition) is 3. The number of amides is 2. The number of carbonyl (C=O) groups is 2. The maximum atomic E-state index is 13.7. The van der Waals surface area contributed by atoms with Crippen molar-refractivity contribution in [3.8, 4) is 5.75 Å². The van der Waals surface area contributed by atoms with E-state index in [-0.39, 0.29) is 24.5 Å². The largest absolute Gasteiger partial charge is 0.484 e. The van der Waals surface area contributed by atoms with Gasteiger partial charge in [-0.25, -0.2) is 0 Å². The molecule has 0 bridgehead atoms. The molecular weight excluding hydrogens is 448 g/mol. The van der Waals surface area contributed by atoms with E-state index in [0.717, 1.165) is 28.7 Å². The number of ether oxygens (including phenoxy) is 1. The van der Waals surface area contributed by atoms with Gasteiger partial charge in [0.25, 0.3) is 5.91 Å². The van der Waals surface area contributed by atoms with E-state index in [1.54, 1.807) is 4.90 Å². The van der Waals surface area contributed by atoms with Gasteiger partial charge < -0.3 is 15.0 Å². The molecule has 1 N–H and O–H groups in total. The molecule has 0 spiro atoms. The lowest BCUT2D eigenvalue weighted by molar-refractivity contribution is -0.143. The minimum atomic E-state index is -0.670. The first-order chi connectivity index (χ1) is 17.3. The molecule has 0 aliphatic heterocycles. The maximum absolute atomic E-state index is 13.7. The molecule has 5 nitrogen and oxygen atoms in total. The first-order valence-corrected chi connectivity index (χ1v) is 12.7. The Morgan fingerprint density at radius 1 is 0.889 bits per heavy atom. The summed E-state index contributed by atoms with van der Waals surface area (Å²) in [6.07, 6.45) is 1.23. The number of rotatable bonds is 11. The molecule has 0 radical (unpaired) electrons. The molecule has 0 fully saturated rings. The summed E-state index contributed by atoms with van der Waals surface area (Å²) in [6, 6.07) is 22.9. The highest BCUT2D eigenvalue weighted by Gasteiger charge is 2.31. The second-order valence-electron chi connectivity index (χ2n) is 9.51. The third kappa shape index (κ3) is 7.45. The SMILES string of the molecule is CCC(C)NC(=O)C(Cc1ccccc1)N(Cc1ccccc1C)C(=O)COc1ccc(C)c(C)c1. The number of nitrogens with one attached hydrogen (secondary N) is 1. The van der Waals surface area contributed by atoms with Gasteiger partial charge in [-0.05, 0) is 74.1 Å². The van der Waals surface area contributed by atoms with Crippen LogP contribution in [-0.4, -0.2) is 35.4 Å². The quantitative estimate of drug-likeness (QED) is 0.387. The van der Waals surface area contributed by atoms with Crippen LogP contribution < -0.4 is 10.1 Å². The van der Waals surface area contributed by atoms with Gasteiger partial charge in [0.2, 0.25) is 5.91 Å². The molecule has 0 aliphatic rings. The van der Waals surface area contributed by atoms with Crippen LogP contribution in [0.25, 0.3) is 0 Å². The fourth-order valence-electron chi connectivity index (χ4n) is 4.00. The molecule has 5 heteroatoms. The van der Waals surface area contributed by atoms with E-state index in [4.69, 9.17) is 4.74 Å². The van der Waals surface area contributed by atoms with Gasteiger partial charge >= 0.3 is 0 Å². The Hall–Kier alpha value is -3.60. The lowest BCUT2D eigenvalue weighted by Crippen LogP contribution is -2.53. The summed E-state index contributed by atoms with van der Waals surface area (Å²) < 4.78 is 5.91. The Labute approximate surface area is 215 Å². The van der Waals surface area contributed by atoms with Crippen LogP contribution in [0, 0.1) is 20.8 Å². The van der Waals surface area contributed by atoms with Crippen LogP contribution in [0.5, 0.6) is 5.75 Å². The number of benzene rings is 3. The van der Waals surface area contributed by atoms with E-state index in [1.165, 1.54) is 5.56 Å². The van der Waals surface area contributed by atoms with Gasteiger partial charge in [-0.3, -0.25) is 9.59 Å². The van der Waals surface area contributed by atoms with Gasteiger partial charge in [-0.1, -0.05) is 67.6 Å². The van der Waals surface area contributed by atoms with Crippen LogP contribution in [0.2, 0.25) is 0 Å². The van der Waals surface area contributed by atoms with E-state index in [1.807, 2.05) is 107 Å². The second kappa shape index (κ2) is 12.9. The average molecular weight is 487 g/mol. The zero-order chi connectivity index (χ0) is 26.1. The van der Waals surface area contributed by atoms with Gasteiger partial charge in [0, 0.05) is 19.0 Å². The Morgan fingerprint density at radius 3 is 2.25 bits per heavy atom. The van der Waals surface area contributed by atoms with Gasteiger partial charge in [-0.15, -0.1) is 0 Å². The van der Waals surface area contributed by atoms with Crippen molar-refractivity contribution in [2.75, 3.05) is 6.61 Å². The number of hydrogen-bond donors (Lipinski definition) is 1. The summed E-state index contributed by atoms with van der Waals surface area (Å²) in [5, 5.41) is 3.10. The molecular formula is C31H38N2O3. The van der Waals surface area contributed by atoms with Gasteiger partial charge in [0.15, 0.2) is 6.61 Å². The third-order valence-corrected chi connectivity index (χ3v) is 6.71. The Bertz CT molecular complexity index is 1160. The Balaban J connectivity index is 1.92. The van der Waals surface area contributed by atoms with Crippen molar-refractivity contribution in [1.29, 1.82) is 0 Å². The summed E-state index contributed by atoms with van der Waals surface area (Å²) in [6.45, 7) is 10.3. The molecule has 3 rings (SSSR count). The molecule has 0 aromatic heterocycles. The van der Waals surface area contributed by atoms with Crippen molar-refractivity contribution in [1.82, 2.24) is 10.2 Å². The molecule has 2 unspecified atom stereocenters. The van der Waals surface area contributed by atoms with Crippen LogP contribution in [-0.2, 0) is 22.6 Å². The molecule has 36 heavy (non-hydrogen) atoms. The molecule has 0 saturated carbocycles. The van der Waals surface area contributed by atoms with Crippen LogP contribution in [0.1, 0.15) is 48.1 Å². The highest BCUT2D eigenvalue weighted by molar-refractivity contribution is 5.88.